The standard InChI is InChI=1S/C21H23N3O3S/c1-3-13(2)18(14-7-5-4-6-8-14)19(25)23-20-16(11-22)15-9-10-24(21(26)27)12-17(15)28-20/h4-8,13,18H,3,9-10,12H2,1-2H3,(H,23,25)(H,26,27). The molecule has 0 aliphatic carbocycles. The second kappa shape index (κ2) is 8.44. The number of thiophene rings is 1. The minimum absolute atomic E-state index is 0.134. The Bertz CT molecular complexity index is 917. The van der Waals surface area contributed by atoms with E-state index in [0.717, 1.165) is 22.4 Å². The average molecular weight is 398 g/mol. The molecule has 1 aliphatic rings. The summed E-state index contributed by atoms with van der Waals surface area (Å²) in [5.41, 5.74) is 2.28. The van der Waals surface area contributed by atoms with Crippen LogP contribution in [0.2, 0.25) is 0 Å². The minimum Gasteiger partial charge on any atom is -0.465 e. The van der Waals surface area contributed by atoms with Gasteiger partial charge in [-0.05, 0) is 23.5 Å². The van der Waals surface area contributed by atoms with Crippen LogP contribution in [-0.2, 0) is 17.8 Å². The maximum absolute atomic E-state index is 13.1. The van der Waals surface area contributed by atoms with E-state index >= 15 is 0 Å². The molecule has 7 heteroatoms. The Morgan fingerprint density at radius 1 is 1.36 bits per heavy atom. The number of nitrogens with zero attached hydrogens (tertiary/aromatic N) is 2. The van der Waals surface area contributed by atoms with Crippen molar-refractivity contribution in [1.29, 1.82) is 5.26 Å². The van der Waals surface area contributed by atoms with E-state index in [4.69, 9.17) is 0 Å². The Labute approximate surface area is 168 Å². The highest BCUT2D eigenvalue weighted by Crippen LogP contribution is 2.38. The summed E-state index contributed by atoms with van der Waals surface area (Å²) in [5, 5.41) is 22.4. The van der Waals surface area contributed by atoms with Crippen molar-refractivity contribution in [3.8, 4) is 6.07 Å². The van der Waals surface area contributed by atoms with Crippen LogP contribution in [0.15, 0.2) is 30.3 Å². The molecule has 0 saturated heterocycles. The summed E-state index contributed by atoms with van der Waals surface area (Å²) in [4.78, 5) is 26.6. The highest BCUT2D eigenvalue weighted by Gasteiger charge is 2.30. The third-order valence-corrected chi connectivity index (χ3v) is 6.46. The van der Waals surface area contributed by atoms with Crippen molar-refractivity contribution >= 4 is 28.3 Å². The third kappa shape index (κ3) is 3.87. The van der Waals surface area contributed by atoms with Gasteiger partial charge in [-0.15, -0.1) is 11.3 Å². The maximum Gasteiger partial charge on any atom is 0.407 e. The lowest BCUT2D eigenvalue weighted by Gasteiger charge is -2.23. The van der Waals surface area contributed by atoms with Crippen molar-refractivity contribution in [2.24, 2.45) is 5.92 Å². The van der Waals surface area contributed by atoms with E-state index in [2.05, 4.69) is 18.3 Å². The van der Waals surface area contributed by atoms with Gasteiger partial charge >= 0.3 is 6.09 Å². The Morgan fingerprint density at radius 2 is 2.07 bits per heavy atom. The minimum atomic E-state index is -0.968. The summed E-state index contributed by atoms with van der Waals surface area (Å²) in [7, 11) is 0. The molecule has 146 valence electrons. The smallest absolute Gasteiger partial charge is 0.407 e. The summed E-state index contributed by atoms with van der Waals surface area (Å²) in [6.45, 7) is 4.72. The summed E-state index contributed by atoms with van der Waals surface area (Å²) in [6.07, 6.45) is 0.376. The fourth-order valence-electron chi connectivity index (χ4n) is 3.60. The molecule has 0 bridgehead atoms. The van der Waals surface area contributed by atoms with Gasteiger partial charge in [-0.2, -0.15) is 5.26 Å². The Morgan fingerprint density at radius 3 is 2.68 bits per heavy atom. The molecule has 3 rings (SSSR count). The predicted octanol–water partition coefficient (Wildman–Crippen LogP) is 4.42. The fraction of sp³-hybridized carbons (Fsp3) is 0.381. The highest BCUT2D eigenvalue weighted by atomic mass is 32.1. The average Bonchev–Trinajstić information content (AvgIpc) is 3.04. The Kier molecular flexibility index (Phi) is 6.00. The number of benzene rings is 1. The van der Waals surface area contributed by atoms with E-state index in [1.165, 1.54) is 16.2 Å². The van der Waals surface area contributed by atoms with Gasteiger partial charge in [0.15, 0.2) is 0 Å². The van der Waals surface area contributed by atoms with Gasteiger partial charge in [0, 0.05) is 11.4 Å². The second-order valence-electron chi connectivity index (χ2n) is 7.04. The largest absolute Gasteiger partial charge is 0.465 e. The third-order valence-electron chi connectivity index (χ3n) is 5.33. The van der Waals surface area contributed by atoms with Gasteiger partial charge in [0.1, 0.15) is 11.1 Å². The van der Waals surface area contributed by atoms with Crippen LogP contribution in [0.1, 0.15) is 47.8 Å². The van der Waals surface area contributed by atoms with Gasteiger partial charge in [0.2, 0.25) is 5.91 Å². The van der Waals surface area contributed by atoms with Crippen LogP contribution in [0.3, 0.4) is 0 Å². The van der Waals surface area contributed by atoms with Crippen molar-refractivity contribution in [2.45, 2.75) is 39.2 Å². The zero-order valence-electron chi connectivity index (χ0n) is 15.9. The molecule has 2 N–H and O–H groups in total. The molecule has 1 aromatic carbocycles. The number of anilines is 1. The topological polar surface area (TPSA) is 93.4 Å². The van der Waals surface area contributed by atoms with E-state index < -0.39 is 6.09 Å². The van der Waals surface area contributed by atoms with Crippen molar-refractivity contribution in [1.82, 2.24) is 4.90 Å². The molecule has 1 aromatic heterocycles. The number of hydrogen-bond donors (Lipinski definition) is 2. The molecule has 2 unspecified atom stereocenters. The van der Waals surface area contributed by atoms with Crippen LogP contribution in [0.25, 0.3) is 0 Å². The van der Waals surface area contributed by atoms with Gasteiger partial charge < -0.3 is 15.3 Å². The first-order valence-corrected chi connectivity index (χ1v) is 10.2. The molecule has 0 saturated carbocycles. The summed E-state index contributed by atoms with van der Waals surface area (Å²) in [5.74, 6) is -0.303. The molecule has 2 amide bonds. The highest BCUT2D eigenvalue weighted by molar-refractivity contribution is 7.16. The molecule has 6 nitrogen and oxygen atoms in total. The molecule has 28 heavy (non-hydrogen) atoms. The zero-order valence-corrected chi connectivity index (χ0v) is 16.8. The monoisotopic (exact) mass is 397 g/mol. The molecule has 1 aliphatic heterocycles. The molecule has 0 spiro atoms. The molecular weight excluding hydrogens is 374 g/mol. The van der Waals surface area contributed by atoms with Gasteiger partial charge in [0.05, 0.1) is 18.0 Å². The second-order valence-corrected chi connectivity index (χ2v) is 8.14. The lowest BCUT2D eigenvalue weighted by atomic mass is 9.85. The number of amides is 2. The molecule has 2 atom stereocenters. The molecule has 0 radical (unpaired) electrons. The van der Waals surface area contributed by atoms with E-state index in [0.29, 0.717) is 23.5 Å². The van der Waals surface area contributed by atoms with Crippen molar-refractivity contribution in [3.05, 3.63) is 51.9 Å². The van der Waals surface area contributed by atoms with E-state index in [1.54, 1.807) is 0 Å². The van der Waals surface area contributed by atoms with Gasteiger partial charge in [-0.1, -0.05) is 50.6 Å². The first-order chi connectivity index (χ1) is 13.5. The van der Waals surface area contributed by atoms with Crippen LogP contribution >= 0.6 is 11.3 Å². The molecule has 0 fully saturated rings. The number of nitrogens with one attached hydrogen (secondary N) is 1. The number of carbonyl (C=O) groups excluding carboxylic acids is 1. The van der Waals surface area contributed by atoms with Crippen LogP contribution in [0.4, 0.5) is 9.80 Å². The van der Waals surface area contributed by atoms with Gasteiger partial charge in [0.25, 0.3) is 0 Å². The number of nitriles is 1. The number of fused-ring (bicyclic) bond motifs is 1. The zero-order chi connectivity index (χ0) is 20.3. The van der Waals surface area contributed by atoms with E-state index in [9.17, 15) is 20.0 Å². The van der Waals surface area contributed by atoms with Gasteiger partial charge in [-0.3, -0.25) is 4.79 Å². The number of carbonyl (C=O) groups is 2. The predicted molar refractivity (Wildman–Crippen MR) is 108 cm³/mol. The van der Waals surface area contributed by atoms with Crippen LogP contribution in [0.5, 0.6) is 0 Å². The van der Waals surface area contributed by atoms with Crippen LogP contribution in [-0.4, -0.2) is 28.6 Å². The quantitative estimate of drug-likeness (QED) is 0.781. The Balaban J connectivity index is 1.89. The summed E-state index contributed by atoms with van der Waals surface area (Å²) in [6, 6.07) is 11.9. The van der Waals surface area contributed by atoms with Crippen LogP contribution in [0, 0.1) is 17.2 Å². The van der Waals surface area contributed by atoms with Crippen LogP contribution < -0.4 is 5.32 Å². The number of hydrogen-bond acceptors (Lipinski definition) is 4. The normalized spacial score (nSPS) is 15.2. The summed E-state index contributed by atoms with van der Waals surface area (Å²) < 4.78 is 0. The van der Waals surface area contributed by atoms with E-state index in [1.807, 2.05) is 37.3 Å². The first-order valence-electron chi connectivity index (χ1n) is 9.34. The SMILES string of the molecule is CCC(C)C(C(=O)Nc1sc2c(c1C#N)CCN(C(=O)O)C2)c1ccccc1. The Hall–Kier alpha value is -2.85. The lowest BCUT2D eigenvalue weighted by molar-refractivity contribution is -0.118. The lowest BCUT2D eigenvalue weighted by Crippen LogP contribution is -2.34. The first kappa shape index (κ1) is 19.9. The van der Waals surface area contributed by atoms with Crippen molar-refractivity contribution in [3.63, 3.8) is 0 Å². The number of rotatable bonds is 5. The van der Waals surface area contributed by atoms with E-state index in [-0.39, 0.29) is 24.3 Å². The number of carboxylic acid groups (broad SMARTS) is 1. The maximum atomic E-state index is 13.1. The fourth-order valence-corrected chi connectivity index (χ4v) is 4.81. The van der Waals surface area contributed by atoms with Gasteiger partial charge in [-0.25, -0.2) is 4.79 Å². The molecule has 2 heterocycles. The van der Waals surface area contributed by atoms with Crippen molar-refractivity contribution < 1.29 is 14.7 Å². The molecule has 2 aromatic rings. The summed E-state index contributed by atoms with van der Waals surface area (Å²) >= 11 is 1.31. The molecular formula is C21H23N3O3S. The van der Waals surface area contributed by atoms with Crippen molar-refractivity contribution in [2.75, 3.05) is 11.9 Å².